The van der Waals surface area contributed by atoms with E-state index in [4.69, 9.17) is 0 Å². The zero-order valence-electron chi connectivity index (χ0n) is 88.0. The molecule has 2 aromatic rings. The van der Waals surface area contributed by atoms with E-state index in [0.29, 0.717) is 117 Å². The van der Waals surface area contributed by atoms with E-state index in [1.165, 1.54) is 132 Å². The predicted molar refractivity (Wildman–Crippen MR) is 546 cm³/mol. The van der Waals surface area contributed by atoms with E-state index in [9.17, 15) is 50.5 Å². The predicted octanol–water partition coefficient (Wildman–Crippen LogP) is 27.5. The van der Waals surface area contributed by atoms with Crippen molar-refractivity contribution in [3.8, 4) is 0 Å². The molecule has 28 atom stereocenters. The van der Waals surface area contributed by atoms with Crippen molar-refractivity contribution < 1.29 is 149 Å². The summed E-state index contributed by atoms with van der Waals surface area (Å²) in [6.45, 7) is 63.3. The van der Waals surface area contributed by atoms with Gasteiger partial charge in [0.1, 0.15) is 7.14 Å². The van der Waals surface area contributed by atoms with E-state index in [2.05, 4.69) is 154 Å². The Balaban J connectivity index is 0.000000255. The molecular weight excluding hydrogens is 1870 g/mol. The first kappa shape index (κ1) is 120. The van der Waals surface area contributed by atoms with Gasteiger partial charge in [-0.3, -0.25) is 0 Å². The van der Waals surface area contributed by atoms with Crippen molar-refractivity contribution in [2.75, 3.05) is 6.16 Å². The SMILES string of the molecule is C=C1[C@H](C)C/C(=C/C=C2\CCC[C@@]3(C)C2CCC3[C@H](C)[C@@H](C)CCC(C)(C)O)C[C@H]1O.C=C1[C@H](C)C/C(=C/C=C2\CCC[C@@]3(C)C2CCC3[C@H](C)[C@H](C)CCC(C)(C)O)C[C@H]1O.C=C1[C@H](C)C/C(=C/CP(=O)(c2ccccc2)c2ccccc2)C[C@H]1O.C[C@@H](CCC(C)(C)O)[C@@H](C)C1CCC2[C@@H](O)CCC[C@@]21C.C[C@H](CCC(C)(C)O)[C@@H](C)C1CCC2[C@@H](O)CCC[C@@]21C.[Y].[Y].[Y]. The molecule has 11 fully saturated rings. The van der Waals surface area contributed by atoms with Crippen LogP contribution in [-0.4, -0.2) is 105 Å². The van der Waals surface area contributed by atoms with Crippen LogP contribution in [-0.2, 0) is 103 Å². The molecule has 8 unspecified atom stereocenters. The van der Waals surface area contributed by atoms with Crippen LogP contribution in [0.5, 0.6) is 0 Å². The molecule has 11 saturated carbocycles. The minimum atomic E-state index is -2.73. The summed E-state index contributed by atoms with van der Waals surface area (Å²) in [4.78, 5) is 0. The summed E-state index contributed by atoms with van der Waals surface area (Å²) in [7, 11) is -2.73. The summed E-state index contributed by atoms with van der Waals surface area (Å²) in [5.74, 6) is 12.0. The summed E-state index contributed by atoms with van der Waals surface area (Å²) >= 11 is 0. The molecule has 0 spiro atoms. The normalized spacial score (nSPS) is 35.4. The smallest absolute Gasteiger partial charge is 0.146 e. The quantitative estimate of drug-likeness (QED) is 0.0323. The van der Waals surface area contributed by atoms with Crippen molar-refractivity contribution in [1.82, 2.24) is 0 Å². The Hall–Kier alpha value is -0.458. The number of aliphatic hydroxyl groups is 9. The number of aliphatic hydroxyl groups excluding tert-OH is 5. The monoisotopic (exact) mass is 2070 g/mol. The van der Waals surface area contributed by atoms with Crippen LogP contribution in [0.25, 0.3) is 0 Å². The van der Waals surface area contributed by atoms with Gasteiger partial charge in [-0.2, -0.15) is 0 Å². The average Bonchev–Trinajstić information content (AvgIpc) is 1.60. The number of allylic oxidation sites excluding steroid dienone is 7. The van der Waals surface area contributed by atoms with Crippen LogP contribution in [0.4, 0.5) is 0 Å². The van der Waals surface area contributed by atoms with Gasteiger partial charge in [0.25, 0.3) is 0 Å². The minimum Gasteiger partial charge on any atom is -0.393 e. The fourth-order valence-corrected chi connectivity index (χ4v) is 30.7. The van der Waals surface area contributed by atoms with Gasteiger partial charge in [-0.05, 0) is 412 Å². The van der Waals surface area contributed by atoms with Crippen molar-refractivity contribution in [2.24, 2.45) is 134 Å². The summed E-state index contributed by atoms with van der Waals surface area (Å²) < 4.78 is 14.0. The van der Waals surface area contributed by atoms with Gasteiger partial charge in [-0.15, -0.1) is 0 Å². The van der Waals surface area contributed by atoms with Crippen molar-refractivity contribution in [1.29, 1.82) is 0 Å². The fraction of sp³-hybridized carbons (Fsp3) is 0.763. The molecule has 13 rings (SSSR count). The van der Waals surface area contributed by atoms with Crippen LogP contribution in [0.3, 0.4) is 0 Å². The molecule has 3 radical (unpaired) electrons. The number of hydrogen-bond donors (Lipinski definition) is 9. The van der Waals surface area contributed by atoms with E-state index in [1.54, 1.807) is 11.1 Å². The Bertz CT molecular complexity index is 3840. The minimum absolute atomic E-state index is 0. The average molecular weight is 2070 g/mol. The second kappa shape index (κ2) is 51.9. The van der Waals surface area contributed by atoms with Gasteiger partial charge >= 0.3 is 0 Å². The maximum Gasteiger partial charge on any atom is 0.146 e. The van der Waals surface area contributed by atoms with Gasteiger partial charge in [-0.25, -0.2) is 0 Å². The molecule has 132 heavy (non-hydrogen) atoms. The molecule has 0 amide bonds. The molecular formula is C118H193O10PY3. The van der Waals surface area contributed by atoms with Gasteiger partial charge in [0, 0.05) is 115 Å². The van der Waals surface area contributed by atoms with Crippen LogP contribution >= 0.6 is 7.14 Å². The van der Waals surface area contributed by atoms with Crippen LogP contribution < -0.4 is 10.6 Å². The van der Waals surface area contributed by atoms with E-state index in [-0.39, 0.29) is 128 Å². The summed E-state index contributed by atoms with van der Waals surface area (Å²) in [5.41, 5.74) is 9.51. The second-order valence-electron chi connectivity index (χ2n) is 49.2. The van der Waals surface area contributed by atoms with Gasteiger partial charge in [0.15, 0.2) is 0 Å². The molecule has 11 aliphatic rings. The molecule has 9 N–H and O–H groups in total. The third-order valence-corrected chi connectivity index (χ3v) is 40.6. The molecule has 739 valence electrons. The third kappa shape index (κ3) is 31.8. The zero-order valence-corrected chi connectivity index (χ0v) is 97.4. The Morgan fingerprint density at radius 2 is 0.652 bits per heavy atom. The van der Waals surface area contributed by atoms with Crippen LogP contribution in [0.15, 0.2) is 155 Å². The molecule has 11 aliphatic carbocycles. The summed E-state index contributed by atoms with van der Waals surface area (Å²) in [6.07, 6.45) is 49.0. The van der Waals surface area contributed by atoms with E-state index < -0.39 is 35.7 Å². The molecule has 0 aromatic heterocycles. The first-order valence-electron chi connectivity index (χ1n) is 52.7. The Kier molecular flexibility index (Phi) is 47.2. The van der Waals surface area contributed by atoms with Gasteiger partial charge in [0.2, 0.25) is 0 Å². The topological polar surface area (TPSA) is 199 Å². The molecule has 10 nitrogen and oxygen atoms in total. The number of rotatable bonds is 26. The number of fused-ring (bicyclic) bond motifs is 4. The maximum atomic E-state index is 14.0. The van der Waals surface area contributed by atoms with Gasteiger partial charge in [-0.1, -0.05) is 255 Å². The van der Waals surface area contributed by atoms with E-state index in [1.807, 2.05) is 116 Å². The Labute approximate surface area is 883 Å². The number of hydrogen-bond acceptors (Lipinski definition) is 10. The fourth-order valence-electron chi connectivity index (χ4n) is 28.1. The number of benzene rings is 2. The van der Waals surface area contributed by atoms with Gasteiger partial charge < -0.3 is 50.5 Å². The molecule has 0 heterocycles. The van der Waals surface area contributed by atoms with Crippen molar-refractivity contribution >= 4 is 17.8 Å². The Morgan fingerprint density at radius 1 is 0.379 bits per heavy atom. The molecule has 14 heteroatoms. The van der Waals surface area contributed by atoms with Gasteiger partial charge in [0.05, 0.1) is 52.9 Å². The third-order valence-electron chi connectivity index (χ3n) is 37.7. The van der Waals surface area contributed by atoms with Crippen molar-refractivity contribution in [3.63, 3.8) is 0 Å². The maximum absolute atomic E-state index is 14.0. The largest absolute Gasteiger partial charge is 0.393 e. The van der Waals surface area contributed by atoms with E-state index in [0.717, 1.165) is 147 Å². The van der Waals surface area contributed by atoms with Crippen molar-refractivity contribution in [2.45, 2.75) is 430 Å². The van der Waals surface area contributed by atoms with E-state index >= 15 is 0 Å². The first-order valence-corrected chi connectivity index (χ1v) is 54.5. The van der Waals surface area contributed by atoms with Crippen molar-refractivity contribution in [3.05, 3.63) is 155 Å². The summed E-state index contributed by atoms with van der Waals surface area (Å²) in [5, 5.41) is 93.5. The second-order valence-corrected chi connectivity index (χ2v) is 52.1. The molecule has 2 aromatic carbocycles. The van der Waals surface area contributed by atoms with Crippen LogP contribution in [0.2, 0.25) is 0 Å². The van der Waals surface area contributed by atoms with Crippen LogP contribution in [0, 0.1) is 134 Å². The Morgan fingerprint density at radius 3 is 0.947 bits per heavy atom. The molecule has 0 bridgehead atoms. The first-order chi connectivity index (χ1) is 60.1. The summed E-state index contributed by atoms with van der Waals surface area (Å²) in [6, 6.07) is 19.5. The molecule has 0 saturated heterocycles. The van der Waals surface area contributed by atoms with Crippen LogP contribution in [0.1, 0.15) is 378 Å². The molecule has 0 aliphatic heterocycles. The standard InChI is InChI=1S/2C29H48O2.C22H25O2P.2C19H36O2.3Y/c2*1-19(14-16-28(5,6)31)21(3)25-12-13-26-24(9-8-15-29(25,26)7)11-10-23-17-20(2)22(4)27(30)18-23;1-17-15-19(16-22(23)18(17)2)13-14-25(24,20-9-5-3-6-10-20)21-11-7-4-8-12-21;2*1-13(10-12-18(3,4)21)14(2)15-8-9-16-17(20)7-6-11-19(15,16)5;;;/h2*10-11,19-21,25-27,30-31H,4,8-9,12-18H2,1-3,5-7H3;3-13,17,22-23H,2,14-16H2,1H3;2*13-17,20-21H,6-12H2,1-5H3;;;/b2*23-10-,24-11+;19-13-;;;;;/t19-,20+,21+,25?,26?,27+,29+;19-,20-,21-,25?,26?,27-,29-;17-,22-;13-,14+,15?,16?,17-,19+;13-,14-,15?,16?,17+,19-;;;/m01101.../s1. The zero-order chi connectivity index (χ0) is 95.5.